The number of hydrogen-bond acceptors (Lipinski definition) is 4. The van der Waals surface area contributed by atoms with Crippen molar-refractivity contribution in [1.82, 2.24) is 0 Å². The Kier molecular flexibility index (Phi) is 7.52. The van der Waals surface area contributed by atoms with Crippen LogP contribution in [0.2, 0.25) is 0 Å². The quantitative estimate of drug-likeness (QED) is 0.291. The number of ether oxygens (including phenoxy) is 2. The molecule has 0 heterocycles. The molecule has 1 aromatic carbocycles. The molecule has 0 radical (unpaired) electrons. The van der Waals surface area contributed by atoms with Gasteiger partial charge in [0.1, 0.15) is 13.2 Å². The molecule has 6 heteroatoms. The van der Waals surface area contributed by atoms with Crippen LogP contribution in [0.3, 0.4) is 0 Å². The lowest BCUT2D eigenvalue weighted by Gasteiger charge is -2.36. The van der Waals surface area contributed by atoms with Gasteiger partial charge < -0.3 is 9.47 Å². The number of aryl methyl sites for hydroxylation is 1. The highest BCUT2D eigenvalue weighted by Crippen LogP contribution is 2.38. The maximum atomic E-state index is 12.2. The minimum atomic E-state index is -0.612. The van der Waals surface area contributed by atoms with E-state index >= 15 is 0 Å². The average molecular weight is 558 g/mol. The molecule has 1 aromatic rings. The number of carbonyl (C=O) groups is 2. The third-order valence-corrected chi connectivity index (χ3v) is 7.37. The molecule has 4 nitrogen and oxygen atoms in total. The zero-order chi connectivity index (χ0) is 18.7. The Morgan fingerprint density at radius 3 is 2.08 bits per heavy atom. The Balaban J connectivity index is 2.58. The standard InChI is InChI=1S/C18H24I2O4/c1-11-9-12(14(20)13(19)10-11)15(21)23-7-8-24-16(22)18(5,6)17(2,3)4/h9-10H,7-8H2,1-6H3. The fourth-order valence-electron chi connectivity index (χ4n) is 1.71. The molecule has 0 N–H and O–H groups in total. The number of halogens is 2. The van der Waals surface area contributed by atoms with Gasteiger partial charge in [-0.25, -0.2) is 4.79 Å². The van der Waals surface area contributed by atoms with Crippen LogP contribution in [0.25, 0.3) is 0 Å². The van der Waals surface area contributed by atoms with Gasteiger partial charge in [0.05, 0.1) is 11.0 Å². The summed E-state index contributed by atoms with van der Waals surface area (Å²) in [6.45, 7) is 11.7. The van der Waals surface area contributed by atoms with Crippen LogP contribution in [-0.4, -0.2) is 25.2 Å². The van der Waals surface area contributed by atoms with Crippen molar-refractivity contribution in [2.24, 2.45) is 10.8 Å². The van der Waals surface area contributed by atoms with Crippen LogP contribution in [0.4, 0.5) is 0 Å². The molecule has 24 heavy (non-hydrogen) atoms. The summed E-state index contributed by atoms with van der Waals surface area (Å²) in [4.78, 5) is 24.4. The average Bonchev–Trinajstić information content (AvgIpc) is 2.45. The van der Waals surface area contributed by atoms with Crippen molar-refractivity contribution in [3.05, 3.63) is 30.4 Å². The summed E-state index contributed by atoms with van der Waals surface area (Å²) in [5.74, 6) is -0.683. The first-order valence-electron chi connectivity index (χ1n) is 7.68. The SMILES string of the molecule is Cc1cc(I)c(I)c(C(=O)OCCOC(=O)C(C)(C)C(C)(C)C)c1. The summed E-state index contributed by atoms with van der Waals surface area (Å²) >= 11 is 4.33. The van der Waals surface area contributed by atoms with E-state index < -0.39 is 11.4 Å². The van der Waals surface area contributed by atoms with Crippen molar-refractivity contribution >= 4 is 57.1 Å². The normalized spacial score (nSPS) is 12.0. The summed E-state index contributed by atoms with van der Waals surface area (Å²) in [6, 6.07) is 3.82. The first-order chi connectivity index (χ1) is 10.9. The molecule has 0 saturated carbocycles. The number of esters is 2. The zero-order valence-electron chi connectivity index (χ0n) is 15.0. The van der Waals surface area contributed by atoms with Crippen molar-refractivity contribution in [2.45, 2.75) is 41.5 Å². The van der Waals surface area contributed by atoms with Crippen LogP contribution in [0, 0.1) is 24.9 Å². The molecule has 0 spiro atoms. The molecule has 0 saturated heterocycles. The largest absolute Gasteiger partial charge is 0.462 e. The molecule has 0 atom stereocenters. The summed E-state index contributed by atoms with van der Waals surface area (Å²) in [5.41, 5.74) is 0.722. The molecule has 0 aromatic heterocycles. The Hall–Kier alpha value is -0.380. The number of carbonyl (C=O) groups excluding carboxylic acids is 2. The van der Waals surface area contributed by atoms with Crippen LogP contribution >= 0.6 is 45.2 Å². The van der Waals surface area contributed by atoms with Gasteiger partial charge in [-0.1, -0.05) is 20.8 Å². The Bertz CT molecular complexity index is 631. The van der Waals surface area contributed by atoms with Crippen molar-refractivity contribution < 1.29 is 19.1 Å². The van der Waals surface area contributed by atoms with Gasteiger partial charge >= 0.3 is 11.9 Å². The minimum Gasteiger partial charge on any atom is -0.462 e. The molecule has 0 amide bonds. The van der Waals surface area contributed by atoms with E-state index in [1.165, 1.54) is 0 Å². The van der Waals surface area contributed by atoms with Gasteiger partial charge in [-0.3, -0.25) is 4.79 Å². The molecule has 134 valence electrons. The molecule has 0 bridgehead atoms. The summed E-state index contributed by atoms with van der Waals surface area (Å²) in [5, 5.41) is 0. The Labute approximate surface area is 171 Å². The van der Waals surface area contributed by atoms with Crippen LogP contribution in [0.1, 0.15) is 50.5 Å². The number of benzene rings is 1. The van der Waals surface area contributed by atoms with E-state index in [1.807, 2.05) is 47.6 Å². The lowest BCUT2D eigenvalue weighted by molar-refractivity contribution is -0.161. The molecule has 0 aliphatic carbocycles. The van der Waals surface area contributed by atoms with Gasteiger partial charge in [0.25, 0.3) is 0 Å². The van der Waals surface area contributed by atoms with E-state index in [0.29, 0.717) is 5.56 Å². The molecule has 0 fully saturated rings. The first kappa shape index (κ1) is 21.7. The van der Waals surface area contributed by atoms with Gasteiger partial charge in [0.2, 0.25) is 0 Å². The number of rotatable bonds is 5. The predicted molar refractivity (Wildman–Crippen MR) is 111 cm³/mol. The highest BCUT2D eigenvalue weighted by Gasteiger charge is 2.41. The topological polar surface area (TPSA) is 52.6 Å². The van der Waals surface area contributed by atoms with Crippen molar-refractivity contribution in [3.8, 4) is 0 Å². The second-order valence-corrected chi connectivity index (χ2v) is 9.50. The first-order valence-corrected chi connectivity index (χ1v) is 9.83. The van der Waals surface area contributed by atoms with Gasteiger partial charge in [-0.15, -0.1) is 0 Å². The highest BCUT2D eigenvalue weighted by molar-refractivity contribution is 14.1. The molecule has 1 rings (SSSR count). The van der Waals surface area contributed by atoms with E-state index in [9.17, 15) is 9.59 Å². The minimum absolute atomic E-state index is 0.0470. The number of hydrogen-bond donors (Lipinski definition) is 0. The van der Waals surface area contributed by atoms with Gasteiger partial charge in [-0.05, 0) is 89.1 Å². The third-order valence-electron chi connectivity index (χ3n) is 4.33. The Morgan fingerprint density at radius 2 is 1.54 bits per heavy atom. The lowest BCUT2D eigenvalue weighted by atomic mass is 9.69. The second kappa shape index (κ2) is 8.33. The molecule has 0 aliphatic rings. The van der Waals surface area contributed by atoms with E-state index in [1.54, 1.807) is 6.07 Å². The zero-order valence-corrected chi connectivity index (χ0v) is 19.3. The van der Waals surface area contributed by atoms with E-state index in [4.69, 9.17) is 9.47 Å². The van der Waals surface area contributed by atoms with Gasteiger partial charge in [0.15, 0.2) is 0 Å². The predicted octanol–water partition coefficient (Wildman–Crippen LogP) is 4.98. The van der Waals surface area contributed by atoms with E-state index in [2.05, 4.69) is 45.2 Å². The smallest absolute Gasteiger partial charge is 0.339 e. The highest BCUT2D eigenvalue weighted by atomic mass is 127. The van der Waals surface area contributed by atoms with Crippen LogP contribution in [0.5, 0.6) is 0 Å². The molecule has 0 unspecified atom stereocenters. The van der Waals surface area contributed by atoms with Gasteiger partial charge in [-0.2, -0.15) is 0 Å². The van der Waals surface area contributed by atoms with Crippen molar-refractivity contribution in [1.29, 1.82) is 0 Å². The van der Waals surface area contributed by atoms with Crippen LogP contribution in [0.15, 0.2) is 12.1 Å². The third kappa shape index (κ3) is 5.31. The summed E-state index contributed by atoms with van der Waals surface area (Å²) < 4.78 is 12.4. The maximum absolute atomic E-state index is 12.2. The second-order valence-electron chi connectivity index (χ2n) is 7.26. The lowest BCUT2D eigenvalue weighted by Crippen LogP contribution is -2.39. The van der Waals surface area contributed by atoms with Crippen molar-refractivity contribution in [3.63, 3.8) is 0 Å². The molecular weight excluding hydrogens is 534 g/mol. The molecular formula is C18H24I2O4. The van der Waals surface area contributed by atoms with E-state index in [0.717, 1.165) is 12.7 Å². The monoisotopic (exact) mass is 558 g/mol. The van der Waals surface area contributed by atoms with Crippen LogP contribution < -0.4 is 0 Å². The van der Waals surface area contributed by atoms with Crippen LogP contribution in [-0.2, 0) is 14.3 Å². The summed E-state index contributed by atoms with van der Waals surface area (Å²) in [7, 11) is 0. The summed E-state index contributed by atoms with van der Waals surface area (Å²) in [6.07, 6.45) is 0. The van der Waals surface area contributed by atoms with Gasteiger partial charge in [0, 0.05) is 7.14 Å². The fourth-order valence-corrected chi connectivity index (χ4v) is 3.02. The molecule has 0 aliphatic heterocycles. The van der Waals surface area contributed by atoms with E-state index in [-0.39, 0.29) is 24.6 Å². The maximum Gasteiger partial charge on any atom is 0.339 e. The Morgan fingerprint density at radius 1 is 1.00 bits per heavy atom. The fraction of sp³-hybridized carbons (Fsp3) is 0.556. The van der Waals surface area contributed by atoms with Crippen molar-refractivity contribution in [2.75, 3.05) is 13.2 Å².